The molecule has 1 saturated heterocycles. The Morgan fingerprint density at radius 3 is 3.00 bits per heavy atom. The average molecular weight is 175 g/mol. The zero-order valence-corrected chi connectivity index (χ0v) is 7.45. The van der Waals surface area contributed by atoms with E-state index in [1.165, 1.54) is 0 Å². The van der Waals surface area contributed by atoms with Crippen molar-refractivity contribution in [1.82, 2.24) is 5.32 Å². The van der Waals surface area contributed by atoms with Crippen LogP contribution in [0.25, 0.3) is 0 Å². The van der Waals surface area contributed by atoms with Crippen LogP contribution in [0.15, 0.2) is 0 Å². The number of nitrogens with one attached hydrogen (secondary N) is 1. The highest BCUT2D eigenvalue weighted by atomic mass is 16.5. The van der Waals surface area contributed by atoms with Crippen molar-refractivity contribution in [3.63, 3.8) is 0 Å². The fraction of sp³-hybridized carbons (Fsp3) is 1.00. The SMILES string of the molecule is COCC(O)COC1CCNC1. The number of hydrogen-bond donors (Lipinski definition) is 2. The third-order valence-corrected chi connectivity index (χ3v) is 1.90. The second-order valence-electron chi connectivity index (χ2n) is 3.06. The Morgan fingerprint density at radius 2 is 2.42 bits per heavy atom. The van der Waals surface area contributed by atoms with Crippen LogP contribution in [0.3, 0.4) is 0 Å². The second kappa shape index (κ2) is 5.48. The summed E-state index contributed by atoms with van der Waals surface area (Å²) in [6.45, 7) is 2.64. The first-order valence-corrected chi connectivity index (χ1v) is 4.32. The molecule has 2 N–H and O–H groups in total. The molecule has 1 heterocycles. The van der Waals surface area contributed by atoms with E-state index in [-0.39, 0.29) is 6.10 Å². The maximum absolute atomic E-state index is 9.24. The van der Waals surface area contributed by atoms with Crippen molar-refractivity contribution in [2.45, 2.75) is 18.6 Å². The molecule has 72 valence electrons. The van der Waals surface area contributed by atoms with Crippen LogP contribution < -0.4 is 5.32 Å². The fourth-order valence-electron chi connectivity index (χ4n) is 1.26. The Kier molecular flexibility index (Phi) is 4.53. The van der Waals surface area contributed by atoms with E-state index in [1.54, 1.807) is 7.11 Å². The van der Waals surface area contributed by atoms with Gasteiger partial charge in [-0.1, -0.05) is 0 Å². The number of aliphatic hydroxyl groups is 1. The van der Waals surface area contributed by atoms with Crippen molar-refractivity contribution < 1.29 is 14.6 Å². The fourth-order valence-corrected chi connectivity index (χ4v) is 1.26. The maximum Gasteiger partial charge on any atom is 0.101 e. The molecule has 0 amide bonds. The molecule has 0 aromatic heterocycles. The van der Waals surface area contributed by atoms with Crippen LogP contribution in [0.2, 0.25) is 0 Å². The lowest BCUT2D eigenvalue weighted by Crippen LogP contribution is -2.26. The Balaban J connectivity index is 1.99. The molecule has 0 aromatic rings. The summed E-state index contributed by atoms with van der Waals surface area (Å²) in [6, 6.07) is 0. The molecule has 1 fully saturated rings. The quantitative estimate of drug-likeness (QED) is 0.584. The van der Waals surface area contributed by atoms with E-state index in [9.17, 15) is 5.11 Å². The van der Waals surface area contributed by atoms with Crippen molar-refractivity contribution in [1.29, 1.82) is 0 Å². The smallest absolute Gasteiger partial charge is 0.101 e. The lowest BCUT2D eigenvalue weighted by molar-refractivity contribution is -0.0302. The predicted molar refractivity (Wildman–Crippen MR) is 45.1 cm³/mol. The molecule has 1 aliphatic heterocycles. The molecule has 1 aliphatic rings. The third-order valence-electron chi connectivity index (χ3n) is 1.90. The van der Waals surface area contributed by atoms with Crippen LogP contribution in [0, 0.1) is 0 Å². The Morgan fingerprint density at radius 1 is 1.58 bits per heavy atom. The van der Waals surface area contributed by atoms with Gasteiger partial charge in [0.1, 0.15) is 6.10 Å². The molecule has 0 aliphatic carbocycles. The van der Waals surface area contributed by atoms with Gasteiger partial charge in [-0.3, -0.25) is 0 Å². The zero-order chi connectivity index (χ0) is 8.81. The number of methoxy groups -OCH3 is 1. The largest absolute Gasteiger partial charge is 0.388 e. The van der Waals surface area contributed by atoms with Crippen LogP contribution in [-0.4, -0.2) is 50.7 Å². The van der Waals surface area contributed by atoms with E-state index in [0.29, 0.717) is 13.2 Å². The van der Waals surface area contributed by atoms with Gasteiger partial charge in [0, 0.05) is 13.7 Å². The van der Waals surface area contributed by atoms with Gasteiger partial charge in [0.2, 0.25) is 0 Å². The van der Waals surface area contributed by atoms with E-state index in [4.69, 9.17) is 9.47 Å². The summed E-state index contributed by atoms with van der Waals surface area (Å²) in [5.74, 6) is 0. The number of aliphatic hydroxyl groups excluding tert-OH is 1. The van der Waals surface area contributed by atoms with Gasteiger partial charge in [0.15, 0.2) is 0 Å². The highest BCUT2D eigenvalue weighted by Gasteiger charge is 2.15. The minimum absolute atomic E-state index is 0.275. The summed E-state index contributed by atoms with van der Waals surface area (Å²) in [4.78, 5) is 0. The molecule has 0 spiro atoms. The van der Waals surface area contributed by atoms with Gasteiger partial charge in [-0.25, -0.2) is 0 Å². The Hall–Kier alpha value is -0.160. The molecule has 0 radical (unpaired) electrons. The lowest BCUT2D eigenvalue weighted by atomic mass is 10.3. The van der Waals surface area contributed by atoms with Crippen molar-refractivity contribution in [3.05, 3.63) is 0 Å². The van der Waals surface area contributed by atoms with Gasteiger partial charge < -0.3 is 19.9 Å². The van der Waals surface area contributed by atoms with E-state index in [0.717, 1.165) is 19.5 Å². The topological polar surface area (TPSA) is 50.7 Å². The first kappa shape index (κ1) is 9.92. The van der Waals surface area contributed by atoms with E-state index in [1.807, 2.05) is 0 Å². The predicted octanol–water partition coefficient (Wildman–Crippen LogP) is -0.628. The molecule has 0 aromatic carbocycles. The van der Waals surface area contributed by atoms with Gasteiger partial charge in [-0.05, 0) is 13.0 Å². The van der Waals surface area contributed by atoms with Gasteiger partial charge >= 0.3 is 0 Å². The van der Waals surface area contributed by atoms with Crippen molar-refractivity contribution >= 4 is 0 Å². The van der Waals surface area contributed by atoms with Gasteiger partial charge in [0.05, 0.1) is 19.3 Å². The highest BCUT2D eigenvalue weighted by Crippen LogP contribution is 2.03. The standard InChI is InChI=1S/C8H17NO3/c1-11-5-7(10)6-12-8-2-3-9-4-8/h7-10H,2-6H2,1H3. The average Bonchev–Trinajstić information content (AvgIpc) is 2.53. The Bertz CT molecular complexity index is 115. The number of hydrogen-bond acceptors (Lipinski definition) is 4. The molecule has 12 heavy (non-hydrogen) atoms. The molecule has 4 nitrogen and oxygen atoms in total. The minimum atomic E-state index is -0.490. The van der Waals surface area contributed by atoms with E-state index in [2.05, 4.69) is 5.32 Å². The maximum atomic E-state index is 9.24. The molecular weight excluding hydrogens is 158 g/mol. The molecule has 4 heteroatoms. The zero-order valence-electron chi connectivity index (χ0n) is 7.45. The van der Waals surface area contributed by atoms with E-state index >= 15 is 0 Å². The summed E-state index contributed by atoms with van der Waals surface area (Å²) >= 11 is 0. The van der Waals surface area contributed by atoms with Crippen LogP contribution in [0.1, 0.15) is 6.42 Å². The molecule has 0 saturated carbocycles. The van der Waals surface area contributed by atoms with Crippen LogP contribution >= 0.6 is 0 Å². The second-order valence-corrected chi connectivity index (χ2v) is 3.06. The minimum Gasteiger partial charge on any atom is -0.388 e. The van der Waals surface area contributed by atoms with Gasteiger partial charge in [-0.15, -0.1) is 0 Å². The molecule has 2 atom stereocenters. The summed E-state index contributed by atoms with van der Waals surface area (Å²) in [5.41, 5.74) is 0. The van der Waals surface area contributed by atoms with Gasteiger partial charge in [0.25, 0.3) is 0 Å². The van der Waals surface area contributed by atoms with Crippen molar-refractivity contribution in [3.8, 4) is 0 Å². The number of rotatable bonds is 5. The molecule has 2 unspecified atom stereocenters. The van der Waals surface area contributed by atoms with Crippen molar-refractivity contribution in [2.24, 2.45) is 0 Å². The third kappa shape index (κ3) is 3.49. The summed E-state index contributed by atoms with van der Waals surface area (Å²) in [6.07, 6.45) is 0.826. The summed E-state index contributed by atoms with van der Waals surface area (Å²) in [7, 11) is 1.57. The van der Waals surface area contributed by atoms with E-state index < -0.39 is 6.10 Å². The molecule has 1 rings (SSSR count). The first-order valence-electron chi connectivity index (χ1n) is 4.32. The van der Waals surface area contributed by atoms with Gasteiger partial charge in [-0.2, -0.15) is 0 Å². The first-order chi connectivity index (χ1) is 5.83. The van der Waals surface area contributed by atoms with Crippen LogP contribution in [-0.2, 0) is 9.47 Å². The highest BCUT2D eigenvalue weighted by molar-refractivity contribution is 4.71. The number of ether oxygens (including phenoxy) is 2. The lowest BCUT2D eigenvalue weighted by Gasteiger charge is -2.13. The monoisotopic (exact) mass is 175 g/mol. The van der Waals surface area contributed by atoms with Crippen LogP contribution in [0.5, 0.6) is 0 Å². The normalized spacial score (nSPS) is 26.0. The van der Waals surface area contributed by atoms with Crippen LogP contribution in [0.4, 0.5) is 0 Å². The Labute approximate surface area is 72.9 Å². The summed E-state index contributed by atoms with van der Waals surface area (Å²) in [5, 5.41) is 12.4. The molecular formula is C8H17NO3. The summed E-state index contributed by atoms with van der Waals surface area (Å²) < 4.78 is 10.2. The van der Waals surface area contributed by atoms with Crippen molar-refractivity contribution in [2.75, 3.05) is 33.4 Å². The molecule has 0 bridgehead atoms.